The molecule has 0 aliphatic rings. The van der Waals surface area contributed by atoms with E-state index < -0.39 is 5.97 Å². The standard InChI is InChI=1S/C17H15N3O2/c1-2-22-17(21)14-16(20-11-7-4-8-12-20)19-15(18-14)13-9-5-3-6-10-13/h3-12H,2H2,1H3/p+1. The molecule has 0 saturated carbocycles. The molecule has 1 N–H and O–H groups in total. The maximum Gasteiger partial charge on any atom is 0.363 e. The highest BCUT2D eigenvalue weighted by molar-refractivity contribution is 5.90. The molecule has 5 heteroatoms. The first-order valence-electron chi connectivity index (χ1n) is 7.09. The average Bonchev–Trinajstić information content (AvgIpc) is 3.02. The Balaban J connectivity index is 2.11. The number of aromatic amines is 1. The van der Waals surface area contributed by atoms with Gasteiger partial charge in [0.2, 0.25) is 5.69 Å². The predicted molar refractivity (Wildman–Crippen MR) is 81.5 cm³/mol. The SMILES string of the molecule is CCOC(=O)c1[nH]c(-c2ccccc2)nc1-[n+]1ccccc1. The molecule has 110 valence electrons. The van der Waals surface area contributed by atoms with E-state index in [4.69, 9.17) is 4.74 Å². The Morgan fingerprint density at radius 1 is 1.14 bits per heavy atom. The molecule has 2 heterocycles. The normalized spacial score (nSPS) is 10.4. The molecule has 0 radical (unpaired) electrons. The lowest BCUT2D eigenvalue weighted by molar-refractivity contribution is -0.599. The molecule has 1 aromatic carbocycles. The Bertz CT molecular complexity index is 767. The molecule has 2 aromatic heterocycles. The number of aromatic nitrogens is 3. The van der Waals surface area contributed by atoms with Gasteiger partial charge in [-0.3, -0.25) is 0 Å². The van der Waals surface area contributed by atoms with Crippen molar-refractivity contribution in [3.8, 4) is 17.2 Å². The van der Waals surface area contributed by atoms with Crippen molar-refractivity contribution >= 4 is 5.97 Å². The van der Waals surface area contributed by atoms with Gasteiger partial charge in [-0.25, -0.2) is 9.36 Å². The van der Waals surface area contributed by atoms with Crippen LogP contribution in [0, 0.1) is 0 Å². The van der Waals surface area contributed by atoms with Crippen molar-refractivity contribution in [2.45, 2.75) is 6.92 Å². The number of rotatable bonds is 4. The topological polar surface area (TPSA) is 58.9 Å². The molecule has 0 aliphatic carbocycles. The summed E-state index contributed by atoms with van der Waals surface area (Å²) in [5.41, 5.74) is 1.26. The number of nitrogens with one attached hydrogen (secondary N) is 1. The van der Waals surface area contributed by atoms with E-state index in [1.807, 2.05) is 60.9 Å². The van der Waals surface area contributed by atoms with Crippen LogP contribution in [0.3, 0.4) is 0 Å². The second kappa shape index (κ2) is 6.22. The maximum atomic E-state index is 12.2. The van der Waals surface area contributed by atoms with E-state index in [1.165, 1.54) is 0 Å². The van der Waals surface area contributed by atoms with Crippen LogP contribution in [-0.2, 0) is 4.74 Å². The summed E-state index contributed by atoms with van der Waals surface area (Å²) in [4.78, 5) is 19.8. The van der Waals surface area contributed by atoms with Gasteiger partial charge in [0, 0.05) is 5.56 Å². The number of carbonyl (C=O) groups excluding carboxylic acids is 1. The summed E-state index contributed by atoms with van der Waals surface area (Å²) in [5, 5.41) is 0. The first-order valence-corrected chi connectivity index (χ1v) is 7.09. The van der Waals surface area contributed by atoms with Gasteiger partial charge in [0.25, 0.3) is 5.82 Å². The molecule has 0 saturated heterocycles. The molecule has 0 spiro atoms. The lowest BCUT2D eigenvalue weighted by atomic mass is 10.2. The molecular formula is C17H16N3O2+. The van der Waals surface area contributed by atoms with Crippen LogP contribution in [0.1, 0.15) is 17.4 Å². The van der Waals surface area contributed by atoms with Crippen LogP contribution in [0.15, 0.2) is 60.9 Å². The highest BCUT2D eigenvalue weighted by Crippen LogP contribution is 2.18. The lowest BCUT2D eigenvalue weighted by Gasteiger charge is -1.98. The molecule has 0 bridgehead atoms. The quantitative estimate of drug-likeness (QED) is 0.594. The van der Waals surface area contributed by atoms with Crippen LogP contribution in [0.4, 0.5) is 0 Å². The van der Waals surface area contributed by atoms with Crippen LogP contribution in [0.5, 0.6) is 0 Å². The summed E-state index contributed by atoms with van der Waals surface area (Å²) in [6.07, 6.45) is 3.68. The Morgan fingerprint density at radius 3 is 2.50 bits per heavy atom. The number of ether oxygens (including phenoxy) is 1. The molecule has 0 atom stereocenters. The smallest absolute Gasteiger partial charge is 0.363 e. The van der Waals surface area contributed by atoms with Crippen molar-refractivity contribution in [1.29, 1.82) is 0 Å². The predicted octanol–water partition coefficient (Wildman–Crippen LogP) is 2.53. The molecule has 3 rings (SSSR count). The fraction of sp³-hybridized carbons (Fsp3) is 0.118. The Labute approximate surface area is 128 Å². The Morgan fingerprint density at radius 2 is 1.82 bits per heavy atom. The van der Waals surface area contributed by atoms with Gasteiger partial charge >= 0.3 is 11.8 Å². The Kier molecular flexibility index (Phi) is 3.96. The van der Waals surface area contributed by atoms with E-state index in [0.717, 1.165) is 5.56 Å². The molecule has 5 nitrogen and oxygen atoms in total. The van der Waals surface area contributed by atoms with Crippen molar-refractivity contribution in [1.82, 2.24) is 9.97 Å². The largest absolute Gasteiger partial charge is 0.461 e. The van der Waals surface area contributed by atoms with Gasteiger partial charge < -0.3 is 9.72 Å². The van der Waals surface area contributed by atoms with Gasteiger partial charge in [-0.1, -0.05) is 24.3 Å². The summed E-state index contributed by atoms with van der Waals surface area (Å²) in [6.45, 7) is 2.10. The van der Waals surface area contributed by atoms with E-state index in [2.05, 4.69) is 9.97 Å². The minimum absolute atomic E-state index is 0.317. The number of benzene rings is 1. The highest BCUT2D eigenvalue weighted by Gasteiger charge is 2.28. The van der Waals surface area contributed by atoms with E-state index in [0.29, 0.717) is 23.9 Å². The van der Waals surface area contributed by atoms with Gasteiger partial charge in [-0.15, -0.1) is 0 Å². The number of carbonyl (C=O) groups is 1. The van der Waals surface area contributed by atoms with Gasteiger partial charge in [0.15, 0.2) is 0 Å². The molecule has 0 unspecified atom stereocenters. The minimum atomic E-state index is -0.413. The van der Waals surface area contributed by atoms with Gasteiger partial charge in [0.05, 0.1) is 19.0 Å². The number of nitrogens with zero attached hydrogens (tertiary/aromatic N) is 2. The first kappa shape index (κ1) is 14.0. The third-order valence-corrected chi connectivity index (χ3v) is 3.17. The molecule has 0 fully saturated rings. The highest BCUT2D eigenvalue weighted by atomic mass is 16.5. The fourth-order valence-corrected chi connectivity index (χ4v) is 2.17. The minimum Gasteiger partial charge on any atom is -0.461 e. The second-order valence-corrected chi connectivity index (χ2v) is 4.65. The monoisotopic (exact) mass is 294 g/mol. The summed E-state index contributed by atoms with van der Waals surface area (Å²) in [6, 6.07) is 15.3. The molecule has 0 amide bonds. The van der Waals surface area contributed by atoms with Crippen molar-refractivity contribution in [2.24, 2.45) is 0 Å². The Hall–Kier alpha value is -2.95. The van der Waals surface area contributed by atoms with Crippen molar-refractivity contribution in [3.05, 3.63) is 66.6 Å². The van der Waals surface area contributed by atoms with Crippen LogP contribution < -0.4 is 4.57 Å². The lowest BCUT2D eigenvalue weighted by Crippen LogP contribution is -2.32. The van der Waals surface area contributed by atoms with Crippen LogP contribution in [-0.4, -0.2) is 22.5 Å². The zero-order valence-corrected chi connectivity index (χ0v) is 12.2. The maximum absolute atomic E-state index is 12.2. The number of esters is 1. The zero-order valence-electron chi connectivity index (χ0n) is 12.2. The summed E-state index contributed by atoms with van der Waals surface area (Å²) < 4.78 is 6.90. The van der Waals surface area contributed by atoms with Crippen molar-refractivity contribution in [3.63, 3.8) is 0 Å². The van der Waals surface area contributed by atoms with E-state index >= 15 is 0 Å². The molecule has 22 heavy (non-hydrogen) atoms. The molecule has 0 aliphatic heterocycles. The molecule has 3 aromatic rings. The zero-order chi connectivity index (χ0) is 15.4. The van der Waals surface area contributed by atoms with E-state index in [1.54, 1.807) is 11.5 Å². The summed E-state index contributed by atoms with van der Waals surface area (Å²) >= 11 is 0. The molecular weight excluding hydrogens is 278 g/mol. The van der Waals surface area contributed by atoms with Crippen molar-refractivity contribution in [2.75, 3.05) is 6.61 Å². The third-order valence-electron chi connectivity index (χ3n) is 3.17. The van der Waals surface area contributed by atoms with Gasteiger partial charge in [0.1, 0.15) is 0 Å². The number of H-pyrrole nitrogens is 1. The third kappa shape index (κ3) is 2.74. The second-order valence-electron chi connectivity index (χ2n) is 4.65. The number of hydrogen-bond acceptors (Lipinski definition) is 3. The van der Waals surface area contributed by atoms with Crippen LogP contribution in [0.2, 0.25) is 0 Å². The van der Waals surface area contributed by atoms with Crippen molar-refractivity contribution < 1.29 is 14.1 Å². The van der Waals surface area contributed by atoms with E-state index in [9.17, 15) is 4.79 Å². The van der Waals surface area contributed by atoms with Crippen LogP contribution in [0.25, 0.3) is 17.2 Å². The van der Waals surface area contributed by atoms with Gasteiger partial charge in [-0.2, -0.15) is 0 Å². The van der Waals surface area contributed by atoms with Gasteiger partial charge in [-0.05, 0) is 36.2 Å². The number of imidazole rings is 1. The summed E-state index contributed by atoms with van der Waals surface area (Å²) in [7, 11) is 0. The van der Waals surface area contributed by atoms with Crippen LogP contribution >= 0.6 is 0 Å². The summed E-state index contributed by atoms with van der Waals surface area (Å²) in [5.74, 6) is 0.747. The van der Waals surface area contributed by atoms with E-state index in [-0.39, 0.29) is 0 Å². The number of pyridine rings is 1. The average molecular weight is 294 g/mol. The number of hydrogen-bond donors (Lipinski definition) is 1. The fourth-order valence-electron chi connectivity index (χ4n) is 2.17. The first-order chi connectivity index (χ1) is 10.8.